The maximum absolute atomic E-state index is 9.74. The zero-order valence-electron chi connectivity index (χ0n) is 3.00. The first-order chi connectivity index (χ1) is 2.89. The zero-order valence-corrected chi connectivity index (χ0v) is 3.00. The van der Waals surface area contributed by atoms with Gasteiger partial charge >= 0.3 is 5.03 Å². The maximum atomic E-state index is 9.74. The molecule has 1 heterocycles. The molecule has 4 heteroatoms. The molecule has 1 aliphatic heterocycles. The minimum Gasteiger partial charge on any atom is -0.197 e. The Labute approximate surface area is 33.9 Å². The van der Waals surface area contributed by atoms with E-state index in [1.165, 1.54) is 6.21 Å². The third-order valence-electron chi connectivity index (χ3n) is 0.435. The lowest BCUT2D eigenvalue weighted by molar-refractivity contribution is -0.795. The van der Waals surface area contributed by atoms with E-state index in [-0.39, 0.29) is 5.03 Å². The van der Waals surface area contributed by atoms with E-state index >= 15 is 0 Å². The van der Waals surface area contributed by atoms with E-state index in [2.05, 4.69) is 9.94 Å². The van der Waals surface area contributed by atoms with Gasteiger partial charge in [-0.2, -0.15) is 4.84 Å². The lowest BCUT2D eigenvalue weighted by atomic mass is 10.8. The largest absolute Gasteiger partial charge is 0.390 e. The first-order valence-corrected chi connectivity index (χ1v) is 1.52. The van der Waals surface area contributed by atoms with E-state index in [0.29, 0.717) is 6.61 Å². The second-order valence-electron chi connectivity index (χ2n) is 0.832. The summed E-state index contributed by atoms with van der Waals surface area (Å²) in [7, 11) is 0. The highest BCUT2D eigenvalue weighted by atomic mass is 16.8. The van der Waals surface area contributed by atoms with Crippen molar-refractivity contribution in [2.24, 2.45) is 5.10 Å². The quantitative estimate of drug-likeness (QED) is 0.407. The molecule has 1 aliphatic rings. The molecule has 0 saturated heterocycles. The normalized spacial score (nSPS) is 18.3. The van der Waals surface area contributed by atoms with Crippen molar-refractivity contribution in [3.05, 3.63) is 4.91 Å². The number of hydrogen-bond acceptors (Lipinski definition) is 2. The second kappa shape index (κ2) is 1.04. The molecule has 0 amide bonds. The Hall–Kier alpha value is -0.930. The number of rotatable bonds is 0. The molecular formula is C2H3N2O2+. The summed E-state index contributed by atoms with van der Waals surface area (Å²) >= 11 is 0. The molecule has 0 aromatic heterocycles. The Morgan fingerprint density at radius 1 is 2.00 bits per heavy atom. The summed E-state index contributed by atoms with van der Waals surface area (Å²) < 4.78 is 0. The Morgan fingerprint density at radius 2 is 2.83 bits per heavy atom. The fourth-order valence-electron chi connectivity index (χ4n) is 0.230. The van der Waals surface area contributed by atoms with Crippen molar-refractivity contribution in [1.29, 1.82) is 0 Å². The van der Waals surface area contributed by atoms with Gasteiger partial charge in [-0.05, 0) is 0 Å². The van der Waals surface area contributed by atoms with Gasteiger partial charge in [0.25, 0.3) is 0 Å². The summed E-state index contributed by atoms with van der Waals surface area (Å²) in [4.78, 5) is 13.9. The van der Waals surface area contributed by atoms with Gasteiger partial charge in [0.1, 0.15) is 11.1 Å². The number of hydrazone groups is 1. The highest BCUT2D eigenvalue weighted by molar-refractivity contribution is 5.57. The molecule has 0 N–H and O–H groups in total. The minimum absolute atomic E-state index is 0.181. The van der Waals surface area contributed by atoms with Crippen LogP contribution in [0.1, 0.15) is 0 Å². The molecule has 0 fully saturated rings. The second-order valence-corrected chi connectivity index (χ2v) is 0.832. The fourth-order valence-corrected chi connectivity index (χ4v) is 0.230. The average molecular weight is 87.1 g/mol. The average Bonchev–Trinajstić information content (AvgIpc) is 1.86. The van der Waals surface area contributed by atoms with Gasteiger partial charge in [0, 0.05) is 0 Å². The van der Waals surface area contributed by atoms with Crippen LogP contribution in [0.4, 0.5) is 0 Å². The van der Waals surface area contributed by atoms with Crippen LogP contribution in [0.15, 0.2) is 5.10 Å². The van der Waals surface area contributed by atoms with Crippen molar-refractivity contribution in [3.8, 4) is 0 Å². The predicted octanol–water partition coefficient (Wildman–Crippen LogP) is -0.304. The summed E-state index contributed by atoms with van der Waals surface area (Å²) in [5, 5.41) is 3.35. The van der Waals surface area contributed by atoms with Gasteiger partial charge in [-0.3, -0.25) is 0 Å². The molecule has 0 spiro atoms. The van der Waals surface area contributed by atoms with Gasteiger partial charge in [0.15, 0.2) is 0 Å². The smallest absolute Gasteiger partial charge is 0.197 e. The van der Waals surface area contributed by atoms with Crippen molar-refractivity contribution in [1.82, 2.24) is 0 Å². The van der Waals surface area contributed by atoms with Crippen LogP contribution in [0.25, 0.3) is 0 Å². The summed E-state index contributed by atoms with van der Waals surface area (Å²) in [5.41, 5.74) is 0. The van der Waals surface area contributed by atoms with E-state index in [1.807, 2.05) is 0 Å². The predicted molar refractivity (Wildman–Crippen MR) is 18.1 cm³/mol. The van der Waals surface area contributed by atoms with Gasteiger partial charge in [0.2, 0.25) is 6.61 Å². The third kappa shape index (κ3) is 0.357. The Morgan fingerprint density at radius 3 is 3.00 bits per heavy atom. The molecule has 0 saturated carbocycles. The van der Waals surface area contributed by atoms with E-state index in [0.717, 1.165) is 0 Å². The van der Waals surface area contributed by atoms with Crippen LogP contribution in [0.2, 0.25) is 0 Å². The molecule has 0 aromatic rings. The van der Waals surface area contributed by atoms with E-state index < -0.39 is 0 Å². The Balaban J connectivity index is 2.59. The standard InChI is InChI=1S/C2H3N2O2/c5-4-3-1-2-6-4/h1H,2H2/q+1. The number of nitrogens with zero attached hydrogens (tertiary/aromatic N) is 2. The summed E-state index contributed by atoms with van der Waals surface area (Å²) in [6.45, 7) is 0.309. The molecule has 32 valence electrons. The van der Waals surface area contributed by atoms with Crippen LogP contribution in [-0.2, 0) is 4.84 Å². The summed E-state index contributed by atoms with van der Waals surface area (Å²) in [6.07, 6.45) is 1.40. The van der Waals surface area contributed by atoms with Crippen LogP contribution in [0, 0.1) is 4.91 Å². The van der Waals surface area contributed by atoms with Crippen molar-refractivity contribution < 1.29 is 9.87 Å². The minimum atomic E-state index is 0.181. The number of hydrogen-bond donors (Lipinski definition) is 0. The lowest BCUT2D eigenvalue weighted by Crippen LogP contribution is -1.91. The highest BCUT2D eigenvalue weighted by Crippen LogP contribution is 1.82. The van der Waals surface area contributed by atoms with E-state index in [4.69, 9.17) is 0 Å². The summed E-state index contributed by atoms with van der Waals surface area (Å²) in [5.74, 6) is 0. The molecule has 1 rings (SSSR count). The Bertz CT molecular complexity index is 97.7. The third-order valence-corrected chi connectivity index (χ3v) is 0.435. The van der Waals surface area contributed by atoms with Gasteiger partial charge < -0.3 is 0 Å². The van der Waals surface area contributed by atoms with Crippen LogP contribution < -0.4 is 0 Å². The molecule has 0 unspecified atom stereocenters. The van der Waals surface area contributed by atoms with E-state index in [9.17, 15) is 4.91 Å². The molecule has 0 aromatic carbocycles. The molecular weight excluding hydrogens is 84.0 g/mol. The highest BCUT2D eigenvalue weighted by Gasteiger charge is 2.11. The summed E-state index contributed by atoms with van der Waals surface area (Å²) in [6, 6.07) is 0. The zero-order chi connectivity index (χ0) is 4.41. The molecule has 0 aliphatic carbocycles. The van der Waals surface area contributed by atoms with Crippen molar-refractivity contribution >= 4 is 6.21 Å². The molecule has 0 bridgehead atoms. The maximum Gasteiger partial charge on any atom is 0.390 e. The first-order valence-electron chi connectivity index (χ1n) is 1.52. The molecule has 6 heavy (non-hydrogen) atoms. The van der Waals surface area contributed by atoms with Crippen molar-refractivity contribution in [3.63, 3.8) is 0 Å². The Kier molecular flexibility index (Phi) is 0.567. The fraction of sp³-hybridized carbons (Fsp3) is 0.500. The van der Waals surface area contributed by atoms with Crippen LogP contribution >= 0.6 is 0 Å². The molecule has 0 radical (unpaired) electrons. The van der Waals surface area contributed by atoms with Gasteiger partial charge in [-0.15, -0.1) is 0 Å². The monoisotopic (exact) mass is 87.0 g/mol. The van der Waals surface area contributed by atoms with Gasteiger partial charge in [0.05, 0.1) is 5.10 Å². The molecule has 4 nitrogen and oxygen atoms in total. The van der Waals surface area contributed by atoms with Crippen LogP contribution in [-0.4, -0.2) is 17.9 Å². The van der Waals surface area contributed by atoms with Crippen LogP contribution in [0.3, 0.4) is 0 Å². The van der Waals surface area contributed by atoms with Gasteiger partial charge in [-0.1, -0.05) is 0 Å². The van der Waals surface area contributed by atoms with Crippen molar-refractivity contribution in [2.45, 2.75) is 0 Å². The van der Waals surface area contributed by atoms with Gasteiger partial charge in [-0.25, -0.2) is 0 Å². The SMILES string of the molecule is O=[N+]1N=CCO1. The van der Waals surface area contributed by atoms with Crippen LogP contribution in [0.5, 0.6) is 0 Å². The topological polar surface area (TPSA) is 41.7 Å². The van der Waals surface area contributed by atoms with E-state index in [1.54, 1.807) is 0 Å². The van der Waals surface area contributed by atoms with Crippen molar-refractivity contribution in [2.75, 3.05) is 6.61 Å². The molecule has 0 atom stereocenters. The first kappa shape index (κ1) is 3.27. The lowest BCUT2D eigenvalue weighted by Gasteiger charge is -1.64.